The number of halogens is 1. The zero-order valence-corrected chi connectivity index (χ0v) is 23.3. The van der Waals surface area contributed by atoms with Crippen molar-refractivity contribution >= 4 is 44.2 Å². The van der Waals surface area contributed by atoms with E-state index in [1.807, 2.05) is 37.3 Å². The first-order valence-corrected chi connectivity index (χ1v) is 14.8. The standard InChI is InChI=1S/C29H34ClN3O4S/c1-3-27(29(35)31-24-13-7-8-14-24)33(19-23-12-6-9-15-26(23)30)28(34)20-32(2)38(36,37)25-17-16-21-10-4-5-11-22(21)18-25/h4-6,9-12,15-18,24,27H,3,7-8,13-14,19-20H2,1-2H3,(H,31,35)/t27-/m1/s1. The van der Waals surface area contributed by atoms with Crippen LogP contribution in [-0.4, -0.2) is 55.1 Å². The lowest BCUT2D eigenvalue weighted by Gasteiger charge is -2.32. The highest BCUT2D eigenvalue weighted by Gasteiger charge is 2.33. The molecule has 0 heterocycles. The number of carbonyl (C=O) groups excluding carboxylic acids is 2. The van der Waals surface area contributed by atoms with Crippen molar-refractivity contribution in [2.75, 3.05) is 13.6 Å². The third-order valence-electron chi connectivity index (χ3n) is 7.17. The van der Waals surface area contributed by atoms with Gasteiger partial charge in [-0.2, -0.15) is 4.31 Å². The molecule has 1 N–H and O–H groups in total. The molecule has 0 aromatic heterocycles. The van der Waals surface area contributed by atoms with Crippen molar-refractivity contribution < 1.29 is 18.0 Å². The minimum Gasteiger partial charge on any atom is -0.352 e. The average molecular weight is 556 g/mol. The molecule has 1 fully saturated rings. The number of sulfonamides is 1. The van der Waals surface area contributed by atoms with E-state index in [1.165, 1.54) is 11.9 Å². The number of nitrogens with one attached hydrogen (secondary N) is 1. The molecule has 3 aromatic carbocycles. The summed E-state index contributed by atoms with van der Waals surface area (Å²) in [5.74, 6) is -0.690. The van der Waals surface area contributed by atoms with Crippen molar-refractivity contribution in [3.63, 3.8) is 0 Å². The Labute approximate surface area is 229 Å². The minimum absolute atomic E-state index is 0.0962. The summed E-state index contributed by atoms with van der Waals surface area (Å²) in [6.45, 7) is 1.53. The highest BCUT2D eigenvalue weighted by atomic mass is 35.5. The summed E-state index contributed by atoms with van der Waals surface area (Å²) in [6.07, 6.45) is 4.37. The molecule has 7 nitrogen and oxygen atoms in total. The van der Waals surface area contributed by atoms with Crippen LogP contribution < -0.4 is 5.32 Å². The SMILES string of the molecule is CC[C@H](C(=O)NC1CCCC1)N(Cc1ccccc1Cl)C(=O)CN(C)S(=O)(=O)c1ccc2ccccc2c1. The zero-order valence-electron chi connectivity index (χ0n) is 21.8. The third-order valence-corrected chi connectivity index (χ3v) is 9.34. The molecular weight excluding hydrogens is 522 g/mol. The van der Waals surface area contributed by atoms with Gasteiger partial charge >= 0.3 is 0 Å². The molecule has 1 aliphatic rings. The van der Waals surface area contributed by atoms with Gasteiger partial charge in [0.15, 0.2) is 0 Å². The van der Waals surface area contributed by atoms with Crippen molar-refractivity contribution in [3.05, 3.63) is 77.3 Å². The molecule has 4 rings (SSSR count). The molecule has 0 saturated heterocycles. The van der Waals surface area contributed by atoms with E-state index in [4.69, 9.17) is 11.6 Å². The first kappa shape index (κ1) is 28.1. The number of rotatable bonds is 10. The number of hydrogen-bond acceptors (Lipinski definition) is 4. The molecule has 0 unspecified atom stereocenters. The fraction of sp³-hybridized carbons (Fsp3) is 0.379. The van der Waals surface area contributed by atoms with Gasteiger partial charge in [-0.15, -0.1) is 0 Å². The zero-order chi connectivity index (χ0) is 27.3. The Kier molecular flexibility index (Phi) is 9.07. The van der Waals surface area contributed by atoms with Crippen molar-refractivity contribution in [1.82, 2.24) is 14.5 Å². The summed E-state index contributed by atoms with van der Waals surface area (Å²) in [5.41, 5.74) is 0.690. The summed E-state index contributed by atoms with van der Waals surface area (Å²) in [6, 6.07) is 18.9. The van der Waals surface area contributed by atoms with Crippen LogP contribution in [0.25, 0.3) is 10.8 Å². The normalized spacial score (nSPS) is 15.1. The van der Waals surface area contributed by atoms with E-state index in [0.29, 0.717) is 17.0 Å². The van der Waals surface area contributed by atoms with Crippen LogP contribution in [0.1, 0.15) is 44.6 Å². The molecule has 0 radical (unpaired) electrons. The predicted octanol–water partition coefficient (Wildman–Crippen LogP) is 4.98. The molecular formula is C29H34ClN3O4S. The Morgan fingerprint density at radius 3 is 2.34 bits per heavy atom. The van der Waals surface area contributed by atoms with Gasteiger partial charge in [-0.05, 0) is 53.8 Å². The molecule has 2 amide bonds. The number of fused-ring (bicyclic) bond motifs is 1. The number of nitrogens with zero attached hydrogens (tertiary/aromatic N) is 2. The van der Waals surface area contributed by atoms with E-state index in [1.54, 1.807) is 36.4 Å². The summed E-state index contributed by atoms with van der Waals surface area (Å²) >= 11 is 6.40. The van der Waals surface area contributed by atoms with Gasteiger partial charge in [0.1, 0.15) is 6.04 Å². The Bertz CT molecular complexity index is 1410. The Morgan fingerprint density at radius 1 is 1.00 bits per heavy atom. The molecule has 0 bridgehead atoms. The molecule has 9 heteroatoms. The highest BCUT2D eigenvalue weighted by Crippen LogP contribution is 2.24. The van der Waals surface area contributed by atoms with Crippen LogP contribution in [0.3, 0.4) is 0 Å². The van der Waals surface area contributed by atoms with Crippen LogP contribution in [0.4, 0.5) is 0 Å². The lowest BCUT2D eigenvalue weighted by molar-refractivity contribution is -0.141. The van der Waals surface area contributed by atoms with E-state index in [0.717, 1.165) is 40.8 Å². The monoisotopic (exact) mass is 555 g/mol. The number of amides is 2. The molecule has 1 atom stereocenters. The summed E-state index contributed by atoms with van der Waals surface area (Å²) in [5, 5.41) is 5.30. The molecule has 1 aliphatic carbocycles. The predicted molar refractivity (Wildman–Crippen MR) is 150 cm³/mol. The smallest absolute Gasteiger partial charge is 0.243 e. The Hall–Kier alpha value is -2.94. The van der Waals surface area contributed by atoms with Crippen LogP contribution in [-0.2, 0) is 26.2 Å². The topological polar surface area (TPSA) is 86.8 Å². The second kappa shape index (κ2) is 12.3. The van der Waals surface area contributed by atoms with Gasteiger partial charge in [0.25, 0.3) is 0 Å². The van der Waals surface area contributed by atoms with Gasteiger partial charge in [-0.3, -0.25) is 9.59 Å². The van der Waals surface area contributed by atoms with Gasteiger partial charge in [-0.1, -0.05) is 79.9 Å². The van der Waals surface area contributed by atoms with Gasteiger partial charge < -0.3 is 10.2 Å². The lowest BCUT2D eigenvalue weighted by atomic mass is 10.1. The highest BCUT2D eigenvalue weighted by molar-refractivity contribution is 7.89. The first-order valence-electron chi connectivity index (χ1n) is 13.0. The maximum atomic E-state index is 13.7. The maximum absolute atomic E-state index is 13.7. The van der Waals surface area contributed by atoms with Gasteiger partial charge in [0.05, 0.1) is 11.4 Å². The molecule has 0 aliphatic heterocycles. The van der Waals surface area contributed by atoms with Gasteiger partial charge in [-0.25, -0.2) is 8.42 Å². The Morgan fingerprint density at radius 2 is 1.66 bits per heavy atom. The third kappa shape index (κ3) is 6.37. The van der Waals surface area contributed by atoms with E-state index in [-0.39, 0.29) is 23.4 Å². The lowest BCUT2D eigenvalue weighted by Crippen LogP contribution is -2.53. The number of hydrogen-bond donors (Lipinski definition) is 1. The fourth-order valence-corrected chi connectivity index (χ4v) is 6.32. The fourth-order valence-electron chi connectivity index (χ4n) is 4.97. The van der Waals surface area contributed by atoms with Crippen LogP contribution in [0.5, 0.6) is 0 Å². The molecule has 0 spiro atoms. The summed E-state index contributed by atoms with van der Waals surface area (Å²) in [7, 11) is -2.57. The minimum atomic E-state index is -3.95. The quantitative estimate of drug-likeness (QED) is 0.382. The molecule has 202 valence electrons. The number of carbonyl (C=O) groups is 2. The van der Waals surface area contributed by atoms with Crippen LogP contribution >= 0.6 is 11.6 Å². The second-order valence-corrected chi connectivity index (χ2v) is 12.2. The van der Waals surface area contributed by atoms with E-state index >= 15 is 0 Å². The number of likely N-dealkylation sites (N-methyl/N-ethyl adjacent to an activating group) is 1. The van der Waals surface area contributed by atoms with Crippen LogP contribution in [0.15, 0.2) is 71.6 Å². The summed E-state index contributed by atoms with van der Waals surface area (Å²) < 4.78 is 27.9. The molecule has 38 heavy (non-hydrogen) atoms. The number of benzene rings is 3. The van der Waals surface area contributed by atoms with Crippen molar-refractivity contribution in [2.24, 2.45) is 0 Å². The largest absolute Gasteiger partial charge is 0.352 e. The Balaban J connectivity index is 1.58. The van der Waals surface area contributed by atoms with Crippen LogP contribution in [0.2, 0.25) is 5.02 Å². The van der Waals surface area contributed by atoms with Crippen LogP contribution in [0, 0.1) is 0 Å². The van der Waals surface area contributed by atoms with E-state index < -0.39 is 28.5 Å². The second-order valence-electron chi connectivity index (χ2n) is 9.80. The first-order chi connectivity index (χ1) is 18.2. The van der Waals surface area contributed by atoms with Crippen molar-refractivity contribution in [2.45, 2.75) is 62.6 Å². The maximum Gasteiger partial charge on any atom is 0.243 e. The average Bonchev–Trinajstić information content (AvgIpc) is 3.42. The van der Waals surface area contributed by atoms with E-state index in [2.05, 4.69) is 5.32 Å². The molecule has 1 saturated carbocycles. The van der Waals surface area contributed by atoms with Crippen molar-refractivity contribution in [1.29, 1.82) is 0 Å². The molecule has 3 aromatic rings. The summed E-state index contributed by atoms with van der Waals surface area (Å²) in [4.78, 5) is 28.6. The van der Waals surface area contributed by atoms with E-state index in [9.17, 15) is 18.0 Å². The van der Waals surface area contributed by atoms with Gasteiger partial charge in [0.2, 0.25) is 21.8 Å². The van der Waals surface area contributed by atoms with Gasteiger partial charge in [0, 0.05) is 24.7 Å². The van der Waals surface area contributed by atoms with Crippen molar-refractivity contribution in [3.8, 4) is 0 Å².